The van der Waals surface area contributed by atoms with Crippen LogP contribution in [0.3, 0.4) is 0 Å². The normalized spacial score (nSPS) is 23.1. The van der Waals surface area contributed by atoms with Gasteiger partial charge in [0.05, 0.1) is 35.9 Å². The number of carbonyl (C=O) groups is 1. The summed E-state index contributed by atoms with van der Waals surface area (Å²) in [4.78, 5) is 20.6. The number of anilines is 2. The van der Waals surface area contributed by atoms with Gasteiger partial charge >= 0.3 is 0 Å². The Labute approximate surface area is 201 Å². The van der Waals surface area contributed by atoms with Crippen molar-refractivity contribution >= 4 is 28.9 Å². The summed E-state index contributed by atoms with van der Waals surface area (Å²) in [5.41, 5.74) is 3.61. The fourth-order valence-corrected chi connectivity index (χ4v) is 5.71. The summed E-state index contributed by atoms with van der Waals surface area (Å²) >= 11 is 6.51. The predicted molar refractivity (Wildman–Crippen MR) is 133 cm³/mol. The molecular formula is C26H33ClN4O2. The quantitative estimate of drug-likeness (QED) is 0.660. The van der Waals surface area contributed by atoms with E-state index >= 15 is 0 Å². The Kier molecular flexibility index (Phi) is 7.04. The van der Waals surface area contributed by atoms with Crippen molar-refractivity contribution in [1.82, 2.24) is 10.2 Å². The number of rotatable bonds is 6. The molecule has 33 heavy (non-hydrogen) atoms. The van der Waals surface area contributed by atoms with Crippen molar-refractivity contribution in [3.63, 3.8) is 0 Å². The predicted octanol–water partition coefficient (Wildman–Crippen LogP) is 3.05. The van der Waals surface area contributed by atoms with Gasteiger partial charge in [0, 0.05) is 45.0 Å². The average Bonchev–Trinajstić information content (AvgIpc) is 2.86. The number of para-hydroxylation sites is 2. The highest BCUT2D eigenvalue weighted by molar-refractivity contribution is 6.33. The molecule has 2 fully saturated rings. The van der Waals surface area contributed by atoms with E-state index in [1.807, 2.05) is 18.2 Å². The van der Waals surface area contributed by atoms with Crippen molar-refractivity contribution in [2.75, 3.05) is 68.8 Å². The number of morpholine rings is 1. The summed E-state index contributed by atoms with van der Waals surface area (Å²) in [6, 6.07) is 16.7. The molecule has 1 N–H and O–H groups in total. The number of hydrogen-bond acceptors (Lipinski definition) is 5. The zero-order valence-electron chi connectivity index (χ0n) is 19.1. The zero-order chi connectivity index (χ0) is 22.6. The first-order chi connectivity index (χ1) is 16.2. The molecule has 2 saturated heterocycles. The van der Waals surface area contributed by atoms with E-state index in [0.717, 1.165) is 82.6 Å². The smallest absolute Gasteiger partial charge is 0.225 e. The van der Waals surface area contributed by atoms with Crippen molar-refractivity contribution in [2.24, 2.45) is 5.92 Å². The van der Waals surface area contributed by atoms with Crippen LogP contribution in [0.25, 0.3) is 0 Å². The number of carbonyl (C=O) groups excluding carboxylic acids is 1. The minimum absolute atomic E-state index is 0.0754. The molecule has 0 bridgehead atoms. The molecule has 2 atom stereocenters. The van der Waals surface area contributed by atoms with Gasteiger partial charge in [0.1, 0.15) is 0 Å². The van der Waals surface area contributed by atoms with Crippen LogP contribution in [0.5, 0.6) is 0 Å². The lowest BCUT2D eigenvalue weighted by molar-refractivity contribution is -0.125. The number of fused-ring (bicyclic) bond motifs is 3. The number of piperazine rings is 1. The third kappa shape index (κ3) is 4.98. The van der Waals surface area contributed by atoms with E-state index < -0.39 is 0 Å². The first-order valence-corrected chi connectivity index (χ1v) is 12.5. The van der Waals surface area contributed by atoms with Crippen LogP contribution in [-0.2, 0) is 16.0 Å². The van der Waals surface area contributed by atoms with E-state index in [0.29, 0.717) is 0 Å². The molecule has 176 valence electrons. The molecule has 2 aromatic rings. The molecule has 6 nitrogen and oxygen atoms in total. The second-order valence-electron chi connectivity index (χ2n) is 9.20. The third-order valence-corrected chi connectivity index (χ3v) is 7.53. The Bertz CT molecular complexity index is 965. The Morgan fingerprint density at radius 3 is 2.58 bits per heavy atom. The minimum Gasteiger partial charge on any atom is -0.379 e. The van der Waals surface area contributed by atoms with Crippen molar-refractivity contribution < 1.29 is 9.53 Å². The van der Waals surface area contributed by atoms with Gasteiger partial charge in [-0.05, 0) is 43.1 Å². The molecule has 0 saturated carbocycles. The van der Waals surface area contributed by atoms with E-state index in [1.54, 1.807) is 0 Å². The second-order valence-corrected chi connectivity index (χ2v) is 9.60. The molecule has 0 radical (unpaired) electrons. The van der Waals surface area contributed by atoms with Gasteiger partial charge in [-0.15, -0.1) is 0 Å². The maximum atomic E-state index is 13.4. The summed E-state index contributed by atoms with van der Waals surface area (Å²) in [5, 5.41) is 4.02. The lowest BCUT2D eigenvalue weighted by atomic mass is 9.83. The number of amides is 1. The Hall–Kier alpha value is -2.28. The average molecular weight is 469 g/mol. The van der Waals surface area contributed by atoms with E-state index in [-0.39, 0.29) is 17.9 Å². The van der Waals surface area contributed by atoms with Crippen LogP contribution in [0, 0.1) is 5.92 Å². The summed E-state index contributed by atoms with van der Waals surface area (Å²) in [5.74, 6) is 0.0936. The number of halogens is 1. The van der Waals surface area contributed by atoms with Crippen LogP contribution in [0.15, 0.2) is 48.5 Å². The van der Waals surface area contributed by atoms with Crippen LogP contribution in [0.1, 0.15) is 12.0 Å². The maximum Gasteiger partial charge on any atom is 0.225 e. The minimum atomic E-state index is -0.0754. The highest BCUT2D eigenvalue weighted by Gasteiger charge is 2.41. The first-order valence-electron chi connectivity index (χ1n) is 12.1. The number of nitrogens with one attached hydrogen (secondary N) is 1. The van der Waals surface area contributed by atoms with Gasteiger partial charge in [-0.2, -0.15) is 0 Å². The summed E-state index contributed by atoms with van der Waals surface area (Å²) < 4.78 is 5.42. The van der Waals surface area contributed by atoms with Crippen molar-refractivity contribution in [2.45, 2.75) is 18.9 Å². The van der Waals surface area contributed by atoms with Crippen molar-refractivity contribution in [3.8, 4) is 0 Å². The monoisotopic (exact) mass is 468 g/mol. The second kappa shape index (κ2) is 10.3. The number of benzene rings is 2. The van der Waals surface area contributed by atoms with Crippen LogP contribution < -0.4 is 15.1 Å². The van der Waals surface area contributed by atoms with Gasteiger partial charge in [-0.25, -0.2) is 0 Å². The third-order valence-electron chi connectivity index (χ3n) is 7.21. The lowest BCUT2D eigenvalue weighted by Crippen LogP contribution is -2.61. The first kappa shape index (κ1) is 22.5. The van der Waals surface area contributed by atoms with Crippen LogP contribution >= 0.6 is 11.6 Å². The standard InChI is InChI=1S/C26H33ClN4O2/c27-22-7-2-4-9-24(22)30-12-13-31-23-8-3-1-6-20(23)18-21(25(31)19-30)26(32)28-10-5-11-29-14-16-33-17-15-29/h1-4,6-9,21,25H,5,10-19H2,(H,28,32). The van der Waals surface area contributed by atoms with Gasteiger partial charge in [-0.3, -0.25) is 9.69 Å². The summed E-state index contributed by atoms with van der Waals surface area (Å²) in [6.45, 7) is 7.90. The summed E-state index contributed by atoms with van der Waals surface area (Å²) in [6.07, 6.45) is 1.75. The molecule has 0 aliphatic carbocycles. The number of nitrogens with zero attached hydrogens (tertiary/aromatic N) is 3. The topological polar surface area (TPSA) is 48.1 Å². The molecule has 7 heteroatoms. The highest BCUT2D eigenvalue weighted by Crippen LogP contribution is 2.38. The van der Waals surface area contributed by atoms with Gasteiger partial charge in [0.15, 0.2) is 0 Å². The molecule has 2 aromatic carbocycles. The van der Waals surface area contributed by atoms with E-state index in [9.17, 15) is 4.79 Å². The van der Waals surface area contributed by atoms with Crippen LogP contribution in [0.4, 0.5) is 11.4 Å². The van der Waals surface area contributed by atoms with Crippen molar-refractivity contribution in [3.05, 3.63) is 59.1 Å². The fraction of sp³-hybridized carbons (Fsp3) is 0.500. The largest absolute Gasteiger partial charge is 0.379 e. The van der Waals surface area contributed by atoms with Crippen LogP contribution in [0.2, 0.25) is 5.02 Å². The fourth-order valence-electron chi connectivity index (χ4n) is 5.45. The zero-order valence-corrected chi connectivity index (χ0v) is 19.8. The molecule has 3 aliphatic rings. The van der Waals surface area contributed by atoms with Gasteiger partial charge in [0.2, 0.25) is 5.91 Å². The van der Waals surface area contributed by atoms with Gasteiger partial charge in [-0.1, -0.05) is 41.9 Å². The molecule has 5 rings (SSSR count). The van der Waals surface area contributed by atoms with Gasteiger partial charge < -0.3 is 19.9 Å². The Morgan fingerprint density at radius 2 is 1.76 bits per heavy atom. The van der Waals surface area contributed by atoms with E-state index in [2.05, 4.69) is 50.3 Å². The highest BCUT2D eigenvalue weighted by atomic mass is 35.5. The molecule has 3 heterocycles. The van der Waals surface area contributed by atoms with Crippen LogP contribution in [-0.4, -0.2) is 75.9 Å². The molecule has 2 unspecified atom stereocenters. The van der Waals surface area contributed by atoms with E-state index in [1.165, 1.54) is 11.3 Å². The maximum absolute atomic E-state index is 13.4. The van der Waals surface area contributed by atoms with Crippen molar-refractivity contribution in [1.29, 1.82) is 0 Å². The molecule has 1 amide bonds. The van der Waals surface area contributed by atoms with E-state index in [4.69, 9.17) is 16.3 Å². The molecule has 3 aliphatic heterocycles. The molecule has 0 aromatic heterocycles. The Balaban J connectivity index is 1.28. The number of hydrogen-bond donors (Lipinski definition) is 1. The SMILES string of the molecule is O=C(NCCCN1CCOCC1)C1Cc2ccccc2N2CCN(c3ccccc3Cl)CC12. The summed E-state index contributed by atoms with van der Waals surface area (Å²) in [7, 11) is 0. The van der Waals surface area contributed by atoms with Gasteiger partial charge in [0.25, 0.3) is 0 Å². The molecule has 0 spiro atoms. The lowest BCUT2D eigenvalue weighted by Gasteiger charge is -2.49. The Morgan fingerprint density at radius 1 is 1.00 bits per heavy atom. The number of ether oxygens (including phenoxy) is 1. The molecular weight excluding hydrogens is 436 g/mol.